The van der Waals surface area contributed by atoms with Gasteiger partial charge in [0.25, 0.3) is 0 Å². The quantitative estimate of drug-likeness (QED) is 0.723. The van der Waals surface area contributed by atoms with Gasteiger partial charge in [-0.1, -0.05) is 6.08 Å². The Hall–Kier alpha value is -1.82. The number of halogens is 1. The van der Waals surface area contributed by atoms with Gasteiger partial charge in [-0.25, -0.2) is 4.39 Å². The lowest BCUT2D eigenvalue weighted by Crippen LogP contribution is -2.25. The highest BCUT2D eigenvalue weighted by atomic mass is 19.1. The van der Waals surface area contributed by atoms with Crippen molar-refractivity contribution < 1.29 is 4.39 Å². The van der Waals surface area contributed by atoms with Crippen molar-refractivity contribution in [2.75, 3.05) is 11.4 Å². The van der Waals surface area contributed by atoms with Crippen LogP contribution in [0.5, 0.6) is 0 Å². The first kappa shape index (κ1) is 10.7. The highest BCUT2D eigenvalue weighted by Gasteiger charge is 2.28. The number of benzene rings is 1. The lowest BCUT2D eigenvalue weighted by atomic mass is 10.2. The van der Waals surface area contributed by atoms with E-state index in [-0.39, 0.29) is 5.56 Å². The van der Waals surface area contributed by atoms with E-state index >= 15 is 0 Å². The first-order valence-corrected chi connectivity index (χ1v) is 5.33. The summed E-state index contributed by atoms with van der Waals surface area (Å²) in [4.78, 5) is 2.12. The Morgan fingerprint density at radius 1 is 1.56 bits per heavy atom. The molecule has 82 valence electrons. The largest absolute Gasteiger partial charge is 0.365 e. The molecule has 0 aliphatic heterocycles. The Kier molecular flexibility index (Phi) is 2.91. The minimum Gasteiger partial charge on any atom is -0.365 e. The van der Waals surface area contributed by atoms with Gasteiger partial charge in [0, 0.05) is 18.3 Å². The number of nitrogens with zero attached hydrogens (tertiary/aromatic N) is 2. The third-order valence-electron chi connectivity index (χ3n) is 2.72. The normalized spacial score (nSPS) is 14.2. The molecule has 0 atom stereocenters. The SMILES string of the molecule is C=CCN(c1ccc(C#N)c(F)c1)C1CC1. The molecular formula is C13H13FN2. The van der Waals surface area contributed by atoms with Crippen LogP contribution in [0.15, 0.2) is 30.9 Å². The molecule has 0 heterocycles. The van der Waals surface area contributed by atoms with E-state index in [9.17, 15) is 4.39 Å². The van der Waals surface area contributed by atoms with Gasteiger partial charge in [-0.3, -0.25) is 0 Å². The van der Waals surface area contributed by atoms with Crippen LogP contribution >= 0.6 is 0 Å². The van der Waals surface area contributed by atoms with Gasteiger partial charge in [0.05, 0.1) is 5.56 Å². The summed E-state index contributed by atoms with van der Waals surface area (Å²) in [5, 5.41) is 8.65. The standard InChI is InChI=1S/C13H13FN2/c1-2-7-16(11-5-6-11)12-4-3-10(9-15)13(14)8-12/h2-4,8,11H,1,5-7H2. The summed E-state index contributed by atoms with van der Waals surface area (Å²) in [6, 6.07) is 7.09. The number of rotatable bonds is 4. The van der Waals surface area contributed by atoms with Crippen molar-refractivity contribution in [1.29, 1.82) is 5.26 Å². The molecule has 16 heavy (non-hydrogen) atoms. The lowest BCUT2D eigenvalue weighted by Gasteiger charge is -2.23. The minimum atomic E-state index is -0.449. The summed E-state index contributed by atoms with van der Waals surface area (Å²) < 4.78 is 13.5. The van der Waals surface area contributed by atoms with Crippen molar-refractivity contribution in [2.24, 2.45) is 0 Å². The third-order valence-corrected chi connectivity index (χ3v) is 2.72. The van der Waals surface area contributed by atoms with Gasteiger partial charge in [0.15, 0.2) is 0 Å². The summed E-state index contributed by atoms with van der Waals surface area (Å²) in [6.45, 7) is 4.42. The van der Waals surface area contributed by atoms with Crippen molar-refractivity contribution in [3.05, 3.63) is 42.2 Å². The molecule has 2 nitrogen and oxygen atoms in total. The molecule has 1 aromatic rings. The fourth-order valence-corrected chi connectivity index (χ4v) is 1.76. The molecule has 1 fully saturated rings. The van der Waals surface area contributed by atoms with Crippen LogP contribution in [-0.2, 0) is 0 Å². The van der Waals surface area contributed by atoms with Gasteiger partial charge < -0.3 is 4.90 Å². The highest BCUT2D eigenvalue weighted by Crippen LogP contribution is 2.32. The van der Waals surface area contributed by atoms with Crippen LogP contribution in [0.25, 0.3) is 0 Å². The molecule has 0 aromatic heterocycles. The predicted octanol–water partition coefficient (Wildman–Crippen LogP) is 2.85. The molecule has 1 aliphatic rings. The summed E-state index contributed by atoms with van der Waals surface area (Å²) in [7, 11) is 0. The molecule has 0 unspecified atom stereocenters. The second kappa shape index (κ2) is 4.36. The topological polar surface area (TPSA) is 27.0 Å². The first-order valence-electron chi connectivity index (χ1n) is 5.33. The van der Waals surface area contributed by atoms with Crippen molar-refractivity contribution in [1.82, 2.24) is 0 Å². The zero-order valence-corrected chi connectivity index (χ0v) is 8.99. The molecule has 0 bridgehead atoms. The summed E-state index contributed by atoms with van der Waals surface area (Å²) >= 11 is 0. The summed E-state index contributed by atoms with van der Waals surface area (Å²) in [6.07, 6.45) is 4.11. The maximum Gasteiger partial charge on any atom is 0.143 e. The van der Waals surface area contributed by atoms with E-state index in [0.29, 0.717) is 6.04 Å². The van der Waals surface area contributed by atoms with E-state index < -0.39 is 5.82 Å². The van der Waals surface area contributed by atoms with Crippen LogP contribution in [0.3, 0.4) is 0 Å². The molecule has 0 amide bonds. The first-order chi connectivity index (χ1) is 7.76. The monoisotopic (exact) mass is 216 g/mol. The van der Waals surface area contributed by atoms with Gasteiger partial charge in [-0.05, 0) is 31.0 Å². The van der Waals surface area contributed by atoms with Gasteiger partial charge >= 0.3 is 0 Å². The molecule has 2 rings (SSSR count). The highest BCUT2D eigenvalue weighted by molar-refractivity contribution is 5.52. The zero-order valence-electron chi connectivity index (χ0n) is 8.99. The van der Waals surface area contributed by atoms with Crippen LogP contribution in [0.2, 0.25) is 0 Å². The fourth-order valence-electron chi connectivity index (χ4n) is 1.76. The maximum absolute atomic E-state index is 13.5. The smallest absolute Gasteiger partial charge is 0.143 e. The lowest BCUT2D eigenvalue weighted by molar-refractivity contribution is 0.623. The summed E-state index contributed by atoms with van der Waals surface area (Å²) in [5.74, 6) is -0.449. The Labute approximate surface area is 94.6 Å². The Morgan fingerprint density at radius 3 is 2.81 bits per heavy atom. The molecule has 0 N–H and O–H groups in total. The van der Waals surface area contributed by atoms with Crippen molar-refractivity contribution in [2.45, 2.75) is 18.9 Å². The van der Waals surface area contributed by atoms with E-state index in [1.165, 1.54) is 12.1 Å². The second-order valence-electron chi connectivity index (χ2n) is 3.95. The van der Waals surface area contributed by atoms with Gasteiger partial charge in [0.2, 0.25) is 0 Å². The summed E-state index contributed by atoms with van der Waals surface area (Å²) in [5.41, 5.74) is 0.928. The van der Waals surface area contributed by atoms with Crippen LogP contribution < -0.4 is 4.90 Å². The predicted molar refractivity (Wildman–Crippen MR) is 61.7 cm³/mol. The van der Waals surface area contributed by atoms with E-state index in [2.05, 4.69) is 11.5 Å². The van der Waals surface area contributed by atoms with E-state index in [1.807, 2.05) is 12.1 Å². The number of nitriles is 1. The maximum atomic E-state index is 13.5. The molecule has 0 radical (unpaired) electrons. The van der Waals surface area contributed by atoms with Gasteiger partial charge in [-0.2, -0.15) is 5.26 Å². The molecular weight excluding hydrogens is 203 g/mol. The fraction of sp³-hybridized carbons (Fsp3) is 0.308. The Morgan fingerprint density at radius 2 is 2.31 bits per heavy atom. The second-order valence-corrected chi connectivity index (χ2v) is 3.95. The van der Waals surface area contributed by atoms with Crippen LogP contribution in [-0.4, -0.2) is 12.6 Å². The van der Waals surface area contributed by atoms with Gasteiger partial charge in [0.1, 0.15) is 11.9 Å². The van der Waals surface area contributed by atoms with Gasteiger partial charge in [-0.15, -0.1) is 6.58 Å². The van der Waals surface area contributed by atoms with Crippen LogP contribution in [0.4, 0.5) is 10.1 Å². The number of anilines is 1. The van der Waals surface area contributed by atoms with E-state index in [1.54, 1.807) is 6.07 Å². The number of hydrogen-bond donors (Lipinski definition) is 0. The molecule has 1 aromatic carbocycles. The van der Waals surface area contributed by atoms with Crippen molar-refractivity contribution in [3.63, 3.8) is 0 Å². The zero-order chi connectivity index (χ0) is 11.5. The minimum absolute atomic E-state index is 0.0955. The van der Waals surface area contributed by atoms with Crippen LogP contribution in [0, 0.1) is 17.1 Å². The average Bonchev–Trinajstić information content (AvgIpc) is 3.09. The average molecular weight is 216 g/mol. The van der Waals surface area contributed by atoms with Crippen molar-refractivity contribution in [3.8, 4) is 6.07 Å². The number of hydrogen-bond acceptors (Lipinski definition) is 2. The van der Waals surface area contributed by atoms with Crippen molar-refractivity contribution >= 4 is 5.69 Å². The van der Waals surface area contributed by atoms with Crippen LogP contribution in [0.1, 0.15) is 18.4 Å². The molecule has 3 heteroatoms. The Bertz CT molecular complexity index is 444. The third kappa shape index (κ3) is 2.06. The van der Waals surface area contributed by atoms with E-state index in [0.717, 1.165) is 25.1 Å². The molecule has 0 spiro atoms. The Balaban J connectivity index is 2.28. The molecule has 0 saturated heterocycles. The molecule has 1 aliphatic carbocycles. The molecule has 1 saturated carbocycles. The van der Waals surface area contributed by atoms with E-state index in [4.69, 9.17) is 5.26 Å².